The molecule has 6 heteroatoms. The fourth-order valence-corrected chi connectivity index (χ4v) is 1.88. The van der Waals surface area contributed by atoms with Gasteiger partial charge in [0.25, 0.3) is 0 Å². The van der Waals surface area contributed by atoms with Crippen LogP contribution in [0.1, 0.15) is 32.3 Å². The Bertz CT molecular complexity index is 392. The maximum absolute atomic E-state index is 12.0. The molecule has 3 nitrogen and oxygen atoms in total. The normalized spacial score (nSPS) is 12.5. The van der Waals surface area contributed by atoms with Crippen molar-refractivity contribution in [1.29, 1.82) is 0 Å². The topological polar surface area (TPSA) is 41.5 Å². The summed E-state index contributed by atoms with van der Waals surface area (Å²) in [6.45, 7) is 4.46. The van der Waals surface area contributed by atoms with Crippen molar-refractivity contribution < 1.29 is 23.0 Å². The Morgan fingerprint density at radius 1 is 1.10 bits per heavy atom. The average Bonchev–Trinajstić information content (AvgIpc) is 2.41. The molecule has 0 aliphatic heterocycles. The molecule has 2 N–H and O–H groups in total. The Morgan fingerprint density at radius 3 is 2.05 bits per heavy atom. The van der Waals surface area contributed by atoms with Gasteiger partial charge in [-0.2, -0.15) is 0 Å². The van der Waals surface area contributed by atoms with Gasteiger partial charge in [-0.3, -0.25) is 0 Å². The van der Waals surface area contributed by atoms with Crippen LogP contribution in [0.25, 0.3) is 0 Å². The van der Waals surface area contributed by atoms with E-state index in [1.807, 2.05) is 13.8 Å². The molecule has 20 heavy (non-hydrogen) atoms. The van der Waals surface area contributed by atoms with Gasteiger partial charge in [0.05, 0.1) is 6.61 Å². The lowest BCUT2D eigenvalue weighted by atomic mass is 9.93. The molecule has 0 heterocycles. The van der Waals surface area contributed by atoms with E-state index in [1.165, 1.54) is 12.1 Å². The zero-order valence-corrected chi connectivity index (χ0v) is 11.6. The van der Waals surface area contributed by atoms with Crippen molar-refractivity contribution in [2.24, 2.45) is 0 Å². The highest BCUT2D eigenvalue weighted by Gasteiger charge is 2.31. The number of aliphatic hydroxyl groups is 1. The Kier molecular flexibility index (Phi) is 5.83. The summed E-state index contributed by atoms with van der Waals surface area (Å²) in [7, 11) is 0. The molecule has 0 aliphatic rings. The largest absolute Gasteiger partial charge is 0.573 e. The highest BCUT2D eigenvalue weighted by Crippen LogP contribution is 2.23. The molecule has 0 aliphatic carbocycles. The first-order valence-electron chi connectivity index (χ1n) is 6.54. The summed E-state index contributed by atoms with van der Waals surface area (Å²) in [6.07, 6.45) is -3.12. The van der Waals surface area contributed by atoms with Gasteiger partial charge in [-0.1, -0.05) is 26.0 Å². The number of ether oxygens (including phenoxy) is 1. The molecule has 0 aromatic heterocycles. The van der Waals surface area contributed by atoms with E-state index in [0.29, 0.717) is 6.54 Å². The standard InChI is InChI=1S/C14H20F3NO2/c1-3-13(4-2,10-19)18-9-11-5-7-12(8-6-11)20-14(15,16)17/h5-8,18-19H,3-4,9-10H2,1-2H3. The molecule has 0 atom stereocenters. The Balaban J connectivity index is 2.62. The van der Waals surface area contributed by atoms with Crippen molar-refractivity contribution in [3.63, 3.8) is 0 Å². The molecule has 1 aromatic rings. The van der Waals surface area contributed by atoms with E-state index in [-0.39, 0.29) is 17.9 Å². The maximum Gasteiger partial charge on any atom is 0.573 e. The van der Waals surface area contributed by atoms with E-state index in [0.717, 1.165) is 18.4 Å². The lowest BCUT2D eigenvalue weighted by molar-refractivity contribution is -0.274. The second kappa shape index (κ2) is 6.95. The number of aliphatic hydroxyl groups excluding tert-OH is 1. The van der Waals surface area contributed by atoms with Crippen LogP contribution in [0.2, 0.25) is 0 Å². The van der Waals surface area contributed by atoms with E-state index >= 15 is 0 Å². The summed E-state index contributed by atoms with van der Waals surface area (Å²) in [6, 6.07) is 5.70. The predicted octanol–water partition coefficient (Wildman–Crippen LogP) is 3.23. The van der Waals surface area contributed by atoms with Crippen LogP contribution in [0.5, 0.6) is 5.75 Å². The number of halogens is 3. The minimum atomic E-state index is -4.67. The van der Waals surface area contributed by atoms with Crippen LogP contribution in [0.4, 0.5) is 13.2 Å². The van der Waals surface area contributed by atoms with Gasteiger partial charge in [0, 0.05) is 12.1 Å². The van der Waals surface area contributed by atoms with E-state index in [2.05, 4.69) is 10.1 Å². The quantitative estimate of drug-likeness (QED) is 0.810. The van der Waals surface area contributed by atoms with Crippen LogP contribution in [-0.2, 0) is 6.54 Å². The van der Waals surface area contributed by atoms with Crippen LogP contribution < -0.4 is 10.1 Å². The fourth-order valence-electron chi connectivity index (χ4n) is 1.88. The molecule has 0 bridgehead atoms. The summed E-state index contributed by atoms with van der Waals surface area (Å²) in [5.74, 6) is -0.236. The molecule has 0 fully saturated rings. The zero-order chi connectivity index (χ0) is 15.2. The van der Waals surface area contributed by atoms with Crippen LogP contribution in [0, 0.1) is 0 Å². The average molecular weight is 291 g/mol. The zero-order valence-electron chi connectivity index (χ0n) is 11.6. The van der Waals surface area contributed by atoms with E-state index in [4.69, 9.17) is 0 Å². The monoisotopic (exact) mass is 291 g/mol. The third-order valence-electron chi connectivity index (χ3n) is 3.48. The van der Waals surface area contributed by atoms with Gasteiger partial charge < -0.3 is 15.2 Å². The first kappa shape index (κ1) is 16.8. The van der Waals surface area contributed by atoms with Gasteiger partial charge in [-0.05, 0) is 30.5 Å². The lowest BCUT2D eigenvalue weighted by Gasteiger charge is -2.31. The van der Waals surface area contributed by atoms with E-state index < -0.39 is 6.36 Å². The molecule has 0 saturated heterocycles. The first-order chi connectivity index (χ1) is 9.34. The van der Waals surface area contributed by atoms with Crippen molar-refractivity contribution >= 4 is 0 Å². The van der Waals surface area contributed by atoms with Crippen molar-refractivity contribution in [2.45, 2.75) is 45.1 Å². The minimum absolute atomic E-state index is 0.0231. The van der Waals surface area contributed by atoms with Crippen molar-refractivity contribution in [3.8, 4) is 5.75 Å². The molecule has 114 valence electrons. The minimum Gasteiger partial charge on any atom is -0.406 e. The van der Waals surface area contributed by atoms with Crippen molar-refractivity contribution in [1.82, 2.24) is 5.32 Å². The molecule has 1 rings (SSSR count). The van der Waals surface area contributed by atoms with Gasteiger partial charge in [-0.15, -0.1) is 13.2 Å². The Hall–Kier alpha value is -1.27. The molecular weight excluding hydrogens is 271 g/mol. The van der Waals surface area contributed by atoms with Gasteiger partial charge >= 0.3 is 6.36 Å². The first-order valence-corrected chi connectivity index (χ1v) is 6.54. The predicted molar refractivity (Wildman–Crippen MR) is 70.4 cm³/mol. The summed E-state index contributed by atoms with van der Waals surface area (Å²) in [4.78, 5) is 0. The summed E-state index contributed by atoms with van der Waals surface area (Å²) in [5, 5.41) is 12.7. The second-order valence-corrected chi connectivity index (χ2v) is 4.69. The molecule has 1 aromatic carbocycles. The Morgan fingerprint density at radius 2 is 1.65 bits per heavy atom. The summed E-state index contributed by atoms with van der Waals surface area (Å²) >= 11 is 0. The second-order valence-electron chi connectivity index (χ2n) is 4.69. The summed E-state index contributed by atoms with van der Waals surface area (Å²) in [5.41, 5.74) is 0.487. The van der Waals surface area contributed by atoms with Crippen molar-refractivity contribution in [3.05, 3.63) is 29.8 Å². The molecule has 0 unspecified atom stereocenters. The van der Waals surface area contributed by atoms with Crippen LogP contribution in [-0.4, -0.2) is 23.6 Å². The molecule has 0 saturated carbocycles. The SMILES string of the molecule is CCC(CC)(CO)NCc1ccc(OC(F)(F)F)cc1. The van der Waals surface area contributed by atoms with Gasteiger partial charge in [0.2, 0.25) is 0 Å². The highest BCUT2D eigenvalue weighted by molar-refractivity contribution is 5.27. The molecular formula is C14H20F3NO2. The van der Waals surface area contributed by atoms with Crippen molar-refractivity contribution in [2.75, 3.05) is 6.61 Å². The third kappa shape index (κ3) is 5.02. The number of benzene rings is 1. The number of nitrogens with one attached hydrogen (secondary N) is 1. The lowest BCUT2D eigenvalue weighted by Crippen LogP contribution is -2.47. The number of rotatable bonds is 7. The highest BCUT2D eigenvalue weighted by atomic mass is 19.4. The van der Waals surface area contributed by atoms with Crippen LogP contribution in [0.15, 0.2) is 24.3 Å². The third-order valence-corrected chi connectivity index (χ3v) is 3.48. The molecule has 0 amide bonds. The fraction of sp³-hybridized carbons (Fsp3) is 0.571. The van der Waals surface area contributed by atoms with Crippen LogP contribution >= 0.6 is 0 Å². The smallest absolute Gasteiger partial charge is 0.406 e. The van der Waals surface area contributed by atoms with Gasteiger partial charge in [-0.25, -0.2) is 0 Å². The molecule has 0 radical (unpaired) electrons. The molecule has 0 spiro atoms. The Labute approximate surface area is 116 Å². The van der Waals surface area contributed by atoms with E-state index in [9.17, 15) is 18.3 Å². The van der Waals surface area contributed by atoms with Gasteiger partial charge in [0.15, 0.2) is 0 Å². The number of alkyl halides is 3. The van der Waals surface area contributed by atoms with E-state index in [1.54, 1.807) is 12.1 Å². The van der Waals surface area contributed by atoms with Crippen LogP contribution in [0.3, 0.4) is 0 Å². The van der Waals surface area contributed by atoms with Gasteiger partial charge in [0.1, 0.15) is 5.75 Å². The maximum atomic E-state index is 12.0. The summed E-state index contributed by atoms with van der Waals surface area (Å²) < 4.78 is 39.9. The number of hydrogen-bond acceptors (Lipinski definition) is 3. The number of hydrogen-bond donors (Lipinski definition) is 2.